The van der Waals surface area contributed by atoms with Crippen LogP contribution in [-0.2, 0) is 0 Å². The zero-order valence-corrected chi connectivity index (χ0v) is 12.0. The first-order valence-corrected chi connectivity index (χ1v) is 6.18. The number of anilines is 1. The maximum absolute atomic E-state index is 11.8. The smallest absolute Gasteiger partial charge is 0.335 e. The van der Waals surface area contributed by atoms with Gasteiger partial charge < -0.3 is 15.3 Å². The summed E-state index contributed by atoms with van der Waals surface area (Å²) in [5, 5.41) is 11.6. The summed E-state index contributed by atoms with van der Waals surface area (Å²) in [6, 6.07) is 4.33. The SMILES string of the molecule is CC(C)N(C)C(=O)Nc1cc(Br)cc(C(=O)O)c1. The normalized spacial score (nSPS) is 10.3. The van der Waals surface area contributed by atoms with Gasteiger partial charge in [0.15, 0.2) is 0 Å². The number of halogens is 1. The van der Waals surface area contributed by atoms with E-state index in [0.29, 0.717) is 10.2 Å². The van der Waals surface area contributed by atoms with Crippen LogP contribution in [0.4, 0.5) is 10.5 Å². The van der Waals surface area contributed by atoms with E-state index < -0.39 is 5.97 Å². The van der Waals surface area contributed by atoms with E-state index in [4.69, 9.17) is 5.11 Å². The van der Waals surface area contributed by atoms with Crippen LogP contribution < -0.4 is 5.32 Å². The van der Waals surface area contributed by atoms with Crippen molar-refractivity contribution in [2.45, 2.75) is 19.9 Å². The molecule has 1 aromatic rings. The van der Waals surface area contributed by atoms with Crippen molar-refractivity contribution in [2.75, 3.05) is 12.4 Å². The van der Waals surface area contributed by atoms with Crippen LogP contribution in [-0.4, -0.2) is 35.1 Å². The molecule has 5 nitrogen and oxygen atoms in total. The van der Waals surface area contributed by atoms with Gasteiger partial charge in [0.25, 0.3) is 0 Å². The average Bonchev–Trinajstić information content (AvgIpc) is 2.26. The van der Waals surface area contributed by atoms with Gasteiger partial charge in [-0.05, 0) is 32.0 Å². The van der Waals surface area contributed by atoms with E-state index in [2.05, 4.69) is 21.2 Å². The van der Waals surface area contributed by atoms with Crippen molar-refractivity contribution >= 4 is 33.6 Å². The highest BCUT2D eigenvalue weighted by molar-refractivity contribution is 9.10. The standard InChI is InChI=1S/C12H15BrN2O3/c1-7(2)15(3)12(18)14-10-5-8(11(16)17)4-9(13)6-10/h4-7H,1-3H3,(H,14,18)(H,16,17). The predicted molar refractivity (Wildman–Crippen MR) is 73.0 cm³/mol. The minimum atomic E-state index is -1.04. The number of carboxylic acids is 1. The Labute approximate surface area is 114 Å². The molecule has 98 valence electrons. The molecule has 0 saturated carbocycles. The fourth-order valence-electron chi connectivity index (χ4n) is 1.23. The van der Waals surface area contributed by atoms with E-state index in [1.54, 1.807) is 13.1 Å². The zero-order chi connectivity index (χ0) is 13.9. The molecule has 0 spiro atoms. The molecule has 0 aliphatic rings. The van der Waals surface area contributed by atoms with Gasteiger partial charge in [-0.1, -0.05) is 15.9 Å². The number of rotatable bonds is 3. The number of carboxylic acid groups (broad SMARTS) is 1. The van der Waals surface area contributed by atoms with Crippen molar-refractivity contribution in [1.82, 2.24) is 4.90 Å². The Balaban J connectivity index is 2.91. The molecule has 0 aromatic heterocycles. The van der Waals surface area contributed by atoms with Crippen molar-refractivity contribution in [3.05, 3.63) is 28.2 Å². The second-order valence-electron chi connectivity index (χ2n) is 4.17. The molecule has 0 atom stereocenters. The lowest BCUT2D eigenvalue weighted by Gasteiger charge is -2.22. The van der Waals surface area contributed by atoms with E-state index in [9.17, 15) is 9.59 Å². The van der Waals surface area contributed by atoms with Gasteiger partial charge in [-0.2, -0.15) is 0 Å². The van der Waals surface area contributed by atoms with Crippen molar-refractivity contribution in [3.63, 3.8) is 0 Å². The molecule has 0 radical (unpaired) electrons. The van der Waals surface area contributed by atoms with Gasteiger partial charge in [-0.25, -0.2) is 9.59 Å². The number of carbonyl (C=O) groups is 2. The molecular formula is C12H15BrN2O3. The largest absolute Gasteiger partial charge is 0.478 e. The van der Waals surface area contributed by atoms with Gasteiger partial charge in [0.05, 0.1) is 5.56 Å². The minimum Gasteiger partial charge on any atom is -0.478 e. The molecule has 6 heteroatoms. The molecule has 0 aliphatic carbocycles. The van der Waals surface area contributed by atoms with Gasteiger partial charge in [-0.3, -0.25) is 0 Å². The highest BCUT2D eigenvalue weighted by Crippen LogP contribution is 2.20. The maximum Gasteiger partial charge on any atom is 0.335 e. The summed E-state index contributed by atoms with van der Waals surface area (Å²) in [6.07, 6.45) is 0. The fraction of sp³-hybridized carbons (Fsp3) is 0.333. The predicted octanol–water partition coefficient (Wildman–Crippen LogP) is 3.02. The number of carbonyl (C=O) groups excluding carboxylic acids is 1. The second-order valence-corrected chi connectivity index (χ2v) is 5.08. The third kappa shape index (κ3) is 3.73. The van der Waals surface area contributed by atoms with Crippen molar-refractivity contribution in [3.8, 4) is 0 Å². The summed E-state index contributed by atoms with van der Waals surface area (Å²) in [4.78, 5) is 24.2. The van der Waals surface area contributed by atoms with Gasteiger partial charge in [-0.15, -0.1) is 0 Å². The third-order valence-corrected chi connectivity index (χ3v) is 2.95. The number of nitrogens with one attached hydrogen (secondary N) is 1. The quantitative estimate of drug-likeness (QED) is 0.901. The summed E-state index contributed by atoms with van der Waals surface area (Å²) in [7, 11) is 1.68. The lowest BCUT2D eigenvalue weighted by Crippen LogP contribution is -2.36. The number of benzene rings is 1. The zero-order valence-electron chi connectivity index (χ0n) is 10.4. The maximum atomic E-state index is 11.8. The monoisotopic (exact) mass is 314 g/mol. The molecule has 2 amide bonds. The summed E-state index contributed by atoms with van der Waals surface area (Å²) in [5.74, 6) is -1.04. The summed E-state index contributed by atoms with van der Waals surface area (Å²) in [6.45, 7) is 3.78. The van der Waals surface area contributed by atoms with Gasteiger partial charge in [0.2, 0.25) is 0 Å². The third-order valence-electron chi connectivity index (χ3n) is 2.49. The van der Waals surface area contributed by atoms with Crippen molar-refractivity contribution in [1.29, 1.82) is 0 Å². The molecule has 1 rings (SSSR count). The molecule has 0 saturated heterocycles. The number of aromatic carboxylic acids is 1. The molecule has 0 aliphatic heterocycles. The van der Waals surface area contributed by atoms with Crippen LogP contribution in [0.15, 0.2) is 22.7 Å². The first kappa shape index (κ1) is 14.5. The Morgan fingerprint density at radius 3 is 2.44 bits per heavy atom. The summed E-state index contributed by atoms with van der Waals surface area (Å²) < 4.78 is 0.602. The average molecular weight is 315 g/mol. The van der Waals surface area contributed by atoms with E-state index in [-0.39, 0.29) is 17.6 Å². The topological polar surface area (TPSA) is 69.6 Å². The second kappa shape index (κ2) is 5.86. The first-order valence-electron chi connectivity index (χ1n) is 5.39. The molecule has 1 aromatic carbocycles. The Hall–Kier alpha value is -1.56. The van der Waals surface area contributed by atoms with Crippen LogP contribution in [0.1, 0.15) is 24.2 Å². The number of hydrogen-bond acceptors (Lipinski definition) is 2. The number of urea groups is 1. The molecule has 2 N–H and O–H groups in total. The first-order chi connectivity index (χ1) is 8.31. The summed E-state index contributed by atoms with van der Waals surface area (Å²) in [5.41, 5.74) is 0.561. The van der Waals surface area contributed by atoms with Gasteiger partial charge >= 0.3 is 12.0 Å². The van der Waals surface area contributed by atoms with Crippen LogP contribution in [0.2, 0.25) is 0 Å². The van der Waals surface area contributed by atoms with Crippen molar-refractivity contribution < 1.29 is 14.7 Å². The minimum absolute atomic E-state index is 0.0658. The lowest BCUT2D eigenvalue weighted by molar-refractivity contribution is 0.0696. The van der Waals surface area contributed by atoms with Crippen molar-refractivity contribution in [2.24, 2.45) is 0 Å². The highest BCUT2D eigenvalue weighted by atomic mass is 79.9. The molecule has 0 heterocycles. The van der Waals surface area contributed by atoms with E-state index in [1.165, 1.54) is 17.0 Å². The summed E-state index contributed by atoms with van der Waals surface area (Å²) >= 11 is 3.21. The Morgan fingerprint density at radius 1 is 1.33 bits per heavy atom. The van der Waals surface area contributed by atoms with Crippen LogP contribution >= 0.6 is 15.9 Å². The lowest BCUT2D eigenvalue weighted by atomic mass is 10.2. The van der Waals surface area contributed by atoms with Crippen LogP contribution in [0.3, 0.4) is 0 Å². The highest BCUT2D eigenvalue weighted by Gasteiger charge is 2.13. The fourth-order valence-corrected chi connectivity index (χ4v) is 1.72. The van der Waals surface area contributed by atoms with Crippen LogP contribution in [0, 0.1) is 0 Å². The van der Waals surface area contributed by atoms with E-state index >= 15 is 0 Å². The Kier molecular flexibility index (Phi) is 4.72. The molecular weight excluding hydrogens is 300 g/mol. The number of amides is 2. The Bertz CT molecular complexity index is 474. The molecule has 0 unspecified atom stereocenters. The number of nitrogens with zero attached hydrogens (tertiary/aromatic N) is 1. The number of hydrogen-bond donors (Lipinski definition) is 2. The molecule has 0 bridgehead atoms. The van der Waals surface area contributed by atoms with E-state index in [0.717, 1.165) is 0 Å². The van der Waals surface area contributed by atoms with E-state index in [1.807, 2.05) is 13.8 Å². The van der Waals surface area contributed by atoms with Crippen LogP contribution in [0.5, 0.6) is 0 Å². The van der Waals surface area contributed by atoms with Gasteiger partial charge in [0, 0.05) is 23.2 Å². The Morgan fingerprint density at radius 2 is 1.94 bits per heavy atom. The van der Waals surface area contributed by atoms with Crippen LogP contribution in [0.25, 0.3) is 0 Å². The van der Waals surface area contributed by atoms with Gasteiger partial charge in [0.1, 0.15) is 0 Å². The molecule has 18 heavy (non-hydrogen) atoms. The molecule has 0 fully saturated rings.